The monoisotopic (exact) mass is 362 g/mol. The Labute approximate surface area is 160 Å². The van der Waals surface area contributed by atoms with Gasteiger partial charge in [0.15, 0.2) is 0 Å². The van der Waals surface area contributed by atoms with Gasteiger partial charge in [0.2, 0.25) is 5.91 Å². The number of carbonyl (C=O) groups excluding carboxylic acids is 2. The Bertz CT molecular complexity index is 793. The summed E-state index contributed by atoms with van der Waals surface area (Å²) in [6.07, 6.45) is 4.75. The van der Waals surface area contributed by atoms with Crippen molar-refractivity contribution in [3.8, 4) is 0 Å². The van der Waals surface area contributed by atoms with Crippen molar-refractivity contribution in [3.63, 3.8) is 0 Å². The van der Waals surface area contributed by atoms with Crippen molar-refractivity contribution < 1.29 is 9.59 Å². The van der Waals surface area contributed by atoms with Crippen LogP contribution in [0.1, 0.15) is 41.6 Å². The third-order valence-corrected chi connectivity index (χ3v) is 5.77. The lowest BCUT2D eigenvalue weighted by molar-refractivity contribution is -0.117. The highest BCUT2D eigenvalue weighted by atomic mass is 16.2. The van der Waals surface area contributed by atoms with E-state index in [1.165, 1.54) is 5.56 Å². The summed E-state index contributed by atoms with van der Waals surface area (Å²) >= 11 is 0. The third-order valence-electron chi connectivity index (χ3n) is 5.77. The van der Waals surface area contributed by atoms with Gasteiger partial charge in [-0.25, -0.2) is 0 Å². The smallest absolute Gasteiger partial charge is 0.253 e. The predicted octanol–water partition coefficient (Wildman–Crippen LogP) is 3.91. The normalized spacial score (nSPS) is 18.1. The Kier molecular flexibility index (Phi) is 5.23. The van der Waals surface area contributed by atoms with Crippen molar-refractivity contribution in [2.24, 2.45) is 5.92 Å². The van der Waals surface area contributed by atoms with E-state index in [9.17, 15) is 9.59 Å². The minimum atomic E-state index is 0.104. The molecule has 0 atom stereocenters. The lowest BCUT2D eigenvalue weighted by Crippen LogP contribution is -2.38. The second-order valence-electron chi connectivity index (χ2n) is 7.62. The first kappa shape index (κ1) is 17.8. The molecule has 0 radical (unpaired) electrons. The lowest BCUT2D eigenvalue weighted by Gasteiger charge is -2.32. The molecular weight excluding hydrogens is 336 g/mol. The molecular formula is C23H26N2O2. The predicted molar refractivity (Wildman–Crippen MR) is 107 cm³/mol. The number of nitrogens with zero attached hydrogens (tertiary/aromatic N) is 2. The summed E-state index contributed by atoms with van der Waals surface area (Å²) in [6, 6.07) is 18.1. The molecule has 4 heteroatoms. The molecule has 0 spiro atoms. The average molecular weight is 362 g/mol. The number of hydrogen-bond donors (Lipinski definition) is 0. The van der Waals surface area contributed by atoms with Crippen LogP contribution in [0.3, 0.4) is 0 Å². The third kappa shape index (κ3) is 4.05. The molecule has 0 aromatic heterocycles. The molecule has 27 heavy (non-hydrogen) atoms. The fraction of sp³-hybridized carbons (Fsp3) is 0.391. The molecule has 2 aliphatic heterocycles. The summed E-state index contributed by atoms with van der Waals surface area (Å²) in [5.41, 5.74) is 3.00. The number of benzene rings is 2. The van der Waals surface area contributed by atoms with Crippen LogP contribution in [0.25, 0.3) is 0 Å². The van der Waals surface area contributed by atoms with Gasteiger partial charge in [0.05, 0.1) is 0 Å². The Morgan fingerprint density at radius 2 is 1.63 bits per heavy atom. The van der Waals surface area contributed by atoms with Gasteiger partial charge in [0.25, 0.3) is 5.91 Å². The fourth-order valence-electron chi connectivity index (χ4n) is 4.18. The van der Waals surface area contributed by atoms with E-state index in [1.807, 2.05) is 34.1 Å². The van der Waals surface area contributed by atoms with Crippen LogP contribution in [0.2, 0.25) is 0 Å². The zero-order valence-corrected chi connectivity index (χ0v) is 15.6. The van der Waals surface area contributed by atoms with Crippen LogP contribution in [-0.2, 0) is 11.2 Å². The van der Waals surface area contributed by atoms with Gasteiger partial charge in [-0.3, -0.25) is 9.59 Å². The van der Waals surface area contributed by atoms with Crippen LogP contribution in [0.5, 0.6) is 0 Å². The molecule has 4 rings (SSSR count). The second kappa shape index (κ2) is 7.95. The lowest BCUT2D eigenvalue weighted by atomic mass is 9.90. The molecule has 2 aromatic carbocycles. The molecule has 0 N–H and O–H groups in total. The van der Waals surface area contributed by atoms with Gasteiger partial charge in [-0.15, -0.1) is 0 Å². The largest absolute Gasteiger partial charge is 0.339 e. The van der Waals surface area contributed by atoms with Gasteiger partial charge in [-0.2, -0.15) is 0 Å². The van der Waals surface area contributed by atoms with Crippen molar-refractivity contribution >= 4 is 17.5 Å². The summed E-state index contributed by atoms with van der Waals surface area (Å²) in [5, 5.41) is 0. The first-order valence-electron chi connectivity index (χ1n) is 9.94. The molecule has 4 nitrogen and oxygen atoms in total. The van der Waals surface area contributed by atoms with Crippen LogP contribution >= 0.6 is 0 Å². The number of piperidine rings is 1. The van der Waals surface area contributed by atoms with Crippen molar-refractivity contribution in [1.29, 1.82) is 0 Å². The van der Waals surface area contributed by atoms with E-state index >= 15 is 0 Å². The summed E-state index contributed by atoms with van der Waals surface area (Å²) in [6.45, 7) is 2.42. The van der Waals surface area contributed by atoms with Gasteiger partial charge < -0.3 is 9.80 Å². The Balaban J connectivity index is 1.33. The number of hydrogen-bond acceptors (Lipinski definition) is 2. The van der Waals surface area contributed by atoms with Gasteiger partial charge in [-0.1, -0.05) is 30.3 Å². The van der Waals surface area contributed by atoms with Crippen LogP contribution in [0.4, 0.5) is 5.69 Å². The first-order valence-corrected chi connectivity index (χ1v) is 9.94. The van der Waals surface area contributed by atoms with Gasteiger partial charge in [-0.05, 0) is 61.4 Å². The molecule has 140 valence electrons. The Hall–Kier alpha value is -2.62. The van der Waals surface area contributed by atoms with E-state index in [2.05, 4.69) is 30.3 Å². The molecule has 2 amide bonds. The highest BCUT2D eigenvalue weighted by molar-refractivity contribution is 5.97. The first-order chi connectivity index (χ1) is 13.2. The maximum atomic E-state index is 12.8. The van der Waals surface area contributed by atoms with Gasteiger partial charge in [0, 0.05) is 37.3 Å². The molecule has 2 aromatic rings. The van der Waals surface area contributed by atoms with Crippen LogP contribution in [0, 0.1) is 5.92 Å². The minimum absolute atomic E-state index is 0.104. The van der Waals surface area contributed by atoms with Crippen molar-refractivity contribution in [3.05, 3.63) is 65.7 Å². The minimum Gasteiger partial charge on any atom is -0.339 e. The molecule has 0 aliphatic carbocycles. The quantitative estimate of drug-likeness (QED) is 0.827. The number of anilines is 1. The highest BCUT2D eigenvalue weighted by Gasteiger charge is 2.25. The number of carbonyl (C=O) groups is 2. The van der Waals surface area contributed by atoms with E-state index in [-0.39, 0.29) is 11.8 Å². The number of likely N-dealkylation sites (tertiary alicyclic amines) is 1. The summed E-state index contributed by atoms with van der Waals surface area (Å²) in [5.74, 6) is 0.932. The summed E-state index contributed by atoms with van der Waals surface area (Å²) in [7, 11) is 0. The molecule has 2 aliphatic rings. The van der Waals surface area contributed by atoms with Gasteiger partial charge in [0.1, 0.15) is 0 Å². The van der Waals surface area contributed by atoms with Crippen LogP contribution in [0.15, 0.2) is 54.6 Å². The summed E-state index contributed by atoms with van der Waals surface area (Å²) in [4.78, 5) is 28.4. The topological polar surface area (TPSA) is 40.6 Å². The molecule has 0 saturated carbocycles. The zero-order chi connectivity index (χ0) is 18.6. The van der Waals surface area contributed by atoms with Gasteiger partial charge >= 0.3 is 0 Å². The highest BCUT2D eigenvalue weighted by Crippen LogP contribution is 2.25. The van der Waals surface area contributed by atoms with Crippen molar-refractivity contribution in [1.82, 2.24) is 4.90 Å². The SMILES string of the molecule is O=C(c1ccc(N2CCCC2=O)cc1)N1CCC(Cc2ccccc2)CC1. The molecule has 0 unspecified atom stereocenters. The van der Waals surface area contributed by atoms with E-state index < -0.39 is 0 Å². The molecule has 0 bridgehead atoms. The van der Waals surface area contributed by atoms with E-state index in [1.54, 1.807) is 0 Å². The van der Waals surface area contributed by atoms with E-state index in [0.29, 0.717) is 17.9 Å². The Morgan fingerprint density at radius 3 is 2.26 bits per heavy atom. The molecule has 2 saturated heterocycles. The van der Waals surface area contributed by atoms with Crippen LogP contribution < -0.4 is 4.90 Å². The van der Waals surface area contributed by atoms with E-state index in [0.717, 1.165) is 51.0 Å². The van der Waals surface area contributed by atoms with Crippen molar-refractivity contribution in [2.45, 2.75) is 32.1 Å². The molecule has 2 fully saturated rings. The van der Waals surface area contributed by atoms with E-state index in [4.69, 9.17) is 0 Å². The zero-order valence-electron chi connectivity index (χ0n) is 15.6. The summed E-state index contributed by atoms with van der Waals surface area (Å²) < 4.78 is 0. The Morgan fingerprint density at radius 1 is 0.926 bits per heavy atom. The van der Waals surface area contributed by atoms with Crippen LogP contribution in [-0.4, -0.2) is 36.3 Å². The molecule has 2 heterocycles. The second-order valence-corrected chi connectivity index (χ2v) is 7.62. The maximum Gasteiger partial charge on any atom is 0.253 e. The average Bonchev–Trinajstić information content (AvgIpc) is 3.15. The number of amides is 2. The number of rotatable bonds is 4. The standard InChI is InChI=1S/C23H26N2O2/c26-22-7-4-14-25(22)21-10-8-20(9-11-21)23(27)24-15-12-19(13-16-24)17-18-5-2-1-3-6-18/h1-3,5-6,8-11,19H,4,7,12-17H2. The van der Waals surface area contributed by atoms with Crippen molar-refractivity contribution in [2.75, 3.05) is 24.5 Å². The fourth-order valence-corrected chi connectivity index (χ4v) is 4.18. The maximum absolute atomic E-state index is 12.8.